The molecule has 3 rings (SSSR count). The number of pyridine rings is 2. The summed E-state index contributed by atoms with van der Waals surface area (Å²) >= 11 is 0. The van der Waals surface area contributed by atoms with Gasteiger partial charge in [0, 0.05) is 30.4 Å². The fraction of sp³-hybridized carbons (Fsp3) is 0.150. The molecule has 126 valence electrons. The van der Waals surface area contributed by atoms with E-state index in [4.69, 9.17) is 4.74 Å². The minimum atomic E-state index is -0.141. The molecule has 0 aliphatic rings. The largest absolute Gasteiger partial charge is 0.489 e. The Balaban J connectivity index is 1.57. The molecule has 0 saturated heterocycles. The van der Waals surface area contributed by atoms with Crippen molar-refractivity contribution >= 4 is 5.91 Å². The van der Waals surface area contributed by atoms with Crippen LogP contribution in [0.25, 0.3) is 0 Å². The van der Waals surface area contributed by atoms with Crippen molar-refractivity contribution in [2.45, 2.75) is 19.6 Å². The molecule has 5 heteroatoms. The van der Waals surface area contributed by atoms with Crippen molar-refractivity contribution in [3.05, 3.63) is 90.0 Å². The first kappa shape index (κ1) is 16.6. The average Bonchev–Trinajstić information content (AvgIpc) is 2.68. The quantitative estimate of drug-likeness (QED) is 0.749. The highest BCUT2D eigenvalue weighted by molar-refractivity contribution is 5.94. The molecule has 0 radical (unpaired) electrons. The second kappa shape index (κ2) is 8.06. The van der Waals surface area contributed by atoms with Crippen LogP contribution in [0.4, 0.5) is 0 Å². The molecule has 0 saturated carbocycles. The van der Waals surface area contributed by atoms with Crippen LogP contribution in [-0.2, 0) is 6.61 Å². The third kappa shape index (κ3) is 4.64. The van der Waals surface area contributed by atoms with E-state index in [1.807, 2.05) is 43.3 Å². The Hall–Kier alpha value is -3.21. The van der Waals surface area contributed by atoms with Crippen LogP contribution in [0.2, 0.25) is 0 Å². The lowest BCUT2D eigenvalue weighted by Gasteiger charge is -2.15. The van der Waals surface area contributed by atoms with Gasteiger partial charge in [-0.05, 0) is 42.8 Å². The van der Waals surface area contributed by atoms with Crippen molar-refractivity contribution < 1.29 is 9.53 Å². The standard InChI is InChI=1S/C20H19N3O2/c1-15(23-20(24)18-5-3-11-22-13-18)17-6-8-19(9-7-17)25-14-16-4-2-10-21-12-16/h2-13,15H,14H2,1H3,(H,23,24). The number of rotatable bonds is 6. The van der Waals surface area contributed by atoms with E-state index in [1.165, 1.54) is 0 Å². The number of nitrogens with zero attached hydrogens (tertiary/aromatic N) is 2. The van der Waals surface area contributed by atoms with Gasteiger partial charge < -0.3 is 10.1 Å². The number of amides is 1. The maximum atomic E-state index is 12.2. The molecule has 5 nitrogen and oxygen atoms in total. The van der Waals surface area contributed by atoms with Gasteiger partial charge in [-0.15, -0.1) is 0 Å². The second-order valence-electron chi connectivity index (χ2n) is 5.66. The Morgan fingerprint density at radius 2 is 1.76 bits per heavy atom. The zero-order valence-corrected chi connectivity index (χ0v) is 13.9. The first-order valence-corrected chi connectivity index (χ1v) is 8.05. The molecule has 1 N–H and O–H groups in total. The van der Waals surface area contributed by atoms with E-state index in [0.29, 0.717) is 12.2 Å². The predicted molar refractivity (Wildman–Crippen MR) is 95.1 cm³/mol. The minimum absolute atomic E-state index is 0.111. The van der Waals surface area contributed by atoms with Gasteiger partial charge in [0.05, 0.1) is 11.6 Å². The van der Waals surface area contributed by atoms with Crippen molar-refractivity contribution in [2.75, 3.05) is 0 Å². The van der Waals surface area contributed by atoms with E-state index in [-0.39, 0.29) is 11.9 Å². The van der Waals surface area contributed by atoms with Gasteiger partial charge in [0.15, 0.2) is 0 Å². The van der Waals surface area contributed by atoms with Crippen molar-refractivity contribution in [3.8, 4) is 5.75 Å². The summed E-state index contributed by atoms with van der Waals surface area (Å²) in [5.74, 6) is 0.635. The van der Waals surface area contributed by atoms with Crippen LogP contribution in [-0.4, -0.2) is 15.9 Å². The van der Waals surface area contributed by atoms with Gasteiger partial charge in [-0.25, -0.2) is 0 Å². The summed E-state index contributed by atoms with van der Waals surface area (Å²) in [4.78, 5) is 20.2. The van der Waals surface area contributed by atoms with E-state index in [9.17, 15) is 4.79 Å². The fourth-order valence-corrected chi connectivity index (χ4v) is 2.36. The third-order valence-corrected chi connectivity index (χ3v) is 3.78. The molecular formula is C20H19N3O2. The summed E-state index contributed by atoms with van der Waals surface area (Å²) in [5, 5.41) is 2.96. The Bertz CT molecular complexity index is 805. The minimum Gasteiger partial charge on any atom is -0.489 e. The van der Waals surface area contributed by atoms with Crippen LogP contribution in [0.1, 0.15) is 34.5 Å². The first-order chi connectivity index (χ1) is 12.2. The number of carbonyl (C=O) groups excluding carboxylic acids is 1. The summed E-state index contributed by atoms with van der Waals surface area (Å²) < 4.78 is 5.74. The van der Waals surface area contributed by atoms with Gasteiger partial charge in [0.25, 0.3) is 5.91 Å². The number of carbonyl (C=O) groups is 1. The average molecular weight is 333 g/mol. The molecule has 0 aliphatic carbocycles. The van der Waals surface area contributed by atoms with E-state index >= 15 is 0 Å². The Morgan fingerprint density at radius 3 is 2.40 bits per heavy atom. The van der Waals surface area contributed by atoms with Gasteiger partial charge in [0.2, 0.25) is 0 Å². The van der Waals surface area contributed by atoms with Crippen molar-refractivity contribution in [1.82, 2.24) is 15.3 Å². The number of hydrogen-bond donors (Lipinski definition) is 1. The summed E-state index contributed by atoms with van der Waals surface area (Å²) in [5.41, 5.74) is 2.57. The molecule has 0 fully saturated rings. The Labute approximate surface area is 146 Å². The number of benzene rings is 1. The summed E-state index contributed by atoms with van der Waals surface area (Å²) in [6.45, 7) is 2.42. The smallest absolute Gasteiger partial charge is 0.253 e. The van der Waals surface area contributed by atoms with Gasteiger partial charge in [0.1, 0.15) is 12.4 Å². The molecule has 3 aromatic rings. The molecule has 0 bridgehead atoms. The maximum Gasteiger partial charge on any atom is 0.253 e. The zero-order valence-electron chi connectivity index (χ0n) is 13.9. The van der Waals surface area contributed by atoms with Crippen LogP contribution in [0.3, 0.4) is 0 Å². The molecule has 25 heavy (non-hydrogen) atoms. The summed E-state index contributed by atoms with van der Waals surface area (Å²) in [6.07, 6.45) is 6.71. The topological polar surface area (TPSA) is 64.1 Å². The molecule has 1 atom stereocenters. The van der Waals surface area contributed by atoms with Crippen LogP contribution in [0.5, 0.6) is 5.75 Å². The molecule has 1 aromatic carbocycles. The molecule has 2 aromatic heterocycles. The number of aromatic nitrogens is 2. The van der Waals surface area contributed by atoms with E-state index in [1.54, 1.807) is 36.9 Å². The van der Waals surface area contributed by atoms with Crippen molar-refractivity contribution in [1.29, 1.82) is 0 Å². The predicted octanol–water partition coefficient (Wildman–Crippen LogP) is 3.55. The van der Waals surface area contributed by atoms with Crippen molar-refractivity contribution in [2.24, 2.45) is 0 Å². The van der Waals surface area contributed by atoms with Crippen LogP contribution < -0.4 is 10.1 Å². The van der Waals surface area contributed by atoms with Gasteiger partial charge >= 0.3 is 0 Å². The number of ether oxygens (including phenoxy) is 1. The third-order valence-electron chi connectivity index (χ3n) is 3.78. The molecule has 0 aliphatic heterocycles. The molecule has 0 spiro atoms. The molecular weight excluding hydrogens is 314 g/mol. The summed E-state index contributed by atoms with van der Waals surface area (Å²) in [7, 11) is 0. The lowest BCUT2D eigenvalue weighted by atomic mass is 10.1. The zero-order chi connectivity index (χ0) is 17.5. The first-order valence-electron chi connectivity index (χ1n) is 8.05. The molecule has 1 amide bonds. The molecule has 1 unspecified atom stereocenters. The maximum absolute atomic E-state index is 12.2. The highest BCUT2D eigenvalue weighted by Gasteiger charge is 2.11. The van der Waals surface area contributed by atoms with Gasteiger partial charge in [-0.2, -0.15) is 0 Å². The van der Waals surface area contributed by atoms with Crippen LogP contribution >= 0.6 is 0 Å². The van der Waals surface area contributed by atoms with Crippen LogP contribution in [0, 0.1) is 0 Å². The second-order valence-corrected chi connectivity index (χ2v) is 5.66. The monoisotopic (exact) mass is 333 g/mol. The van der Waals surface area contributed by atoms with Gasteiger partial charge in [-0.1, -0.05) is 18.2 Å². The van der Waals surface area contributed by atoms with Crippen molar-refractivity contribution in [3.63, 3.8) is 0 Å². The SMILES string of the molecule is CC(NC(=O)c1cccnc1)c1ccc(OCc2cccnc2)cc1. The van der Waals surface area contributed by atoms with E-state index in [2.05, 4.69) is 15.3 Å². The Morgan fingerprint density at radius 1 is 1.04 bits per heavy atom. The highest BCUT2D eigenvalue weighted by atomic mass is 16.5. The van der Waals surface area contributed by atoms with E-state index in [0.717, 1.165) is 16.9 Å². The van der Waals surface area contributed by atoms with E-state index < -0.39 is 0 Å². The summed E-state index contributed by atoms with van der Waals surface area (Å²) in [6, 6.07) is 14.9. The van der Waals surface area contributed by atoms with Gasteiger partial charge in [-0.3, -0.25) is 14.8 Å². The Kier molecular flexibility index (Phi) is 5.36. The normalized spacial score (nSPS) is 11.6. The van der Waals surface area contributed by atoms with Crippen LogP contribution in [0.15, 0.2) is 73.3 Å². The number of hydrogen-bond acceptors (Lipinski definition) is 4. The fourth-order valence-electron chi connectivity index (χ4n) is 2.36. The lowest BCUT2D eigenvalue weighted by molar-refractivity contribution is 0.0939. The lowest BCUT2D eigenvalue weighted by Crippen LogP contribution is -2.26. The highest BCUT2D eigenvalue weighted by Crippen LogP contribution is 2.19. The molecule has 2 heterocycles. The number of nitrogens with one attached hydrogen (secondary N) is 1.